The molecule has 176 valence electrons. The Morgan fingerprint density at radius 3 is 1.62 bits per heavy atom. The predicted octanol–water partition coefficient (Wildman–Crippen LogP) is 4.45. The molecule has 0 unspecified atom stereocenters. The van der Waals surface area contributed by atoms with E-state index < -0.39 is 23.6 Å². The number of carbonyl (C=O) groups is 3. The summed E-state index contributed by atoms with van der Waals surface area (Å²) in [5, 5.41) is 10.3. The number of benzene rings is 3. The number of rotatable bonds is 10. The van der Waals surface area contributed by atoms with Gasteiger partial charge in [0.2, 0.25) is 5.54 Å². The third kappa shape index (κ3) is 5.81. The quantitative estimate of drug-likeness (QED) is 0.354. The number of likely N-dealkylation sites (N-methyl/N-ethyl adjacent to an activating group) is 1. The summed E-state index contributed by atoms with van der Waals surface area (Å²) in [5.41, 5.74) is -0.304. The number of carboxylic acid groups (broad SMARTS) is 1. The monoisotopic (exact) mass is 461 g/mol. The second-order valence-electron chi connectivity index (χ2n) is 7.67. The van der Waals surface area contributed by atoms with Gasteiger partial charge in [-0.15, -0.1) is 0 Å². The molecule has 3 aromatic carbocycles. The third-order valence-electron chi connectivity index (χ3n) is 5.41. The van der Waals surface area contributed by atoms with Crippen LogP contribution in [0.25, 0.3) is 0 Å². The molecule has 3 aromatic rings. The summed E-state index contributed by atoms with van der Waals surface area (Å²) in [6.45, 7) is 1.33. The summed E-state index contributed by atoms with van der Waals surface area (Å²) in [7, 11) is 0. The number of hydrogen-bond acceptors (Lipinski definition) is 5. The van der Waals surface area contributed by atoms with Crippen LogP contribution in [0, 0.1) is 0 Å². The van der Waals surface area contributed by atoms with Crippen molar-refractivity contribution in [1.29, 1.82) is 0 Å². The zero-order valence-electron chi connectivity index (χ0n) is 18.9. The van der Waals surface area contributed by atoms with Crippen LogP contribution < -0.4 is 0 Å². The molecule has 0 aromatic heterocycles. The van der Waals surface area contributed by atoms with Crippen molar-refractivity contribution in [2.75, 3.05) is 6.54 Å². The number of ether oxygens (including phenoxy) is 2. The molecular formula is C27H27NO6. The Kier molecular flexibility index (Phi) is 8.40. The molecule has 7 heteroatoms. The number of carbonyl (C=O) groups excluding carboxylic acids is 2. The molecule has 1 amide bonds. The third-order valence-corrected chi connectivity index (χ3v) is 5.41. The molecule has 7 nitrogen and oxygen atoms in total. The van der Waals surface area contributed by atoms with Crippen molar-refractivity contribution in [1.82, 2.24) is 4.90 Å². The molecular weight excluding hydrogens is 434 g/mol. The summed E-state index contributed by atoms with van der Waals surface area (Å²) in [5.74, 6) is -2.53. The molecule has 1 N–H and O–H groups in total. The highest BCUT2D eigenvalue weighted by Gasteiger charge is 2.55. The van der Waals surface area contributed by atoms with E-state index in [1.807, 2.05) is 12.1 Å². The second kappa shape index (κ2) is 11.7. The normalized spacial score (nSPS) is 12.3. The smallest absolute Gasteiger partial charge is 0.411 e. The molecule has 1 atom stereocenters. The van der Waals surface area contributed by atoms with Gasteiger partial charge in [-0.25, -0.2) is 14.4 Å². The average molecular weight is 462 g/mol. The van der Waals surface area contributed by atoms with Crippen LogP contribution >= 0.6 is 0 Å². The van der Waals surface area contributed by atoms with Gasteiger partial charge in [-0.2, -0.15) is 0 Å². The van der Waals surface area contributed by atoms with Crippen LogP contribution in [0.5, 0.6) is 0 Å². The highest BCUT2D eigenvalue weighted by atomic mass is 16.6. The Morgan fingerprint density at radius 1 is 0.735 bits per heavy atom. The number of hydrogen-bond donors (Lipinski definition) is 1. The SMILES string of the molecule is CCN(C(=O)OCc1ccccc1)[C@](Cc1ccccc1)(C(=O)O)C(=O)OCc1ccccc1. The van der Waals surface area contributed by atoms with E-state index in [0.717, 1.165) is 10.5 Å². The van der Waals surface area contributed by atoms with E-state index in [4.69, 9.17) is 9.47 Å². The van der Waals surface area contributed by atoms with Crippen LogP contribution in [0.1, 0.15) is 23.6 Å². The van der Waals surface area contributed by atoms with Gasteiger partial charge in [0, 0.05) is 13.0 Å². The fraction of sp³-hybridized carbons (Fsp3) is 0.222. The predicted molar refractivity (Wildman–Crippen MR) is 126 cm³/mol. The van der Waals surface area contributed by atoms with Gasteiger partial charge in [0.1, 0.15) is 13.2 Å². The molecule has 0 spiro atoms. The Balaban J connectivity index is 1.92. The topological polar surface area (TPSA) is 93.1 Å². The van der Waals surface area contributed by atoms with Crippen molar-refractivity contribution in [2.45, 2.75) is 32.1 Å². The van der Waals surface area contributed by atoms with E-state index in [0.29, 0.717) is 11.1 Å². The van der Waals surface area contributed by atoms with Gasteiger partial charge in [-0.05, 0) is 23.6 Å². The minimum Gasteiger partial charge on any atom is -0.479 e. The molecule has 0 aliphatic carbocycles. The molecule has 0 aliphatic heterocycles. The standard InChI is InChI=1S/C27H27NO6/c1-2-28(26(32)34-20-23-16-10-5-11-17-23)27(24(29)30,18-21-12-6-3-7-13-21)25(31)33-19-22-14-8-4-9-15-22/h3-17H,2,18-20H2,1H3,(H,29,30)/t27-/m1/s1. The average Bonchev–Trinajstić information content (AvgIpc) is 2.87. The summed E-state index contributed by atoms with van der Waals surface area (Å²) in [6.07, 6.45) is -1.19. The van der Waals surface area contributed by atoms with Crippen LogP contribution in [0.4, 0.5) is 4.79 Å². The summed E-state index contributed by atoms with van der Waals surface area (Å²) >= 11 is 0. The van der Waals surface area contributed by atoms with E-state index in [1.165, 1.54) is 0 Å². The lowest BCUT2D eigenvalue weighted by molar-refractivity contribution is -0.171. The zero-order chi connectivity index (χ0) is 24.4. The highest BCUT2D eigenvalue weighted by Crippen LogP contribution is 2.26. The molecule has 0 saturated heterocycles. The lowest BCUT2D eigenvalue weighted by Crippen LogP contribution is -2.64. The second-order valence-corrected chi connectivity index (χ2v) is 7.67. The fourth-order valence-electron chi connectivity index (χ4n) is 3.64. The van der Waals surface area contributed by atoms with E-state index in [-0.39, 0.29) is 26.2 Å². The van der Waals surface area contributed by atoms with Gasteiger partial charge in [0.05, 0.1) is 0 Å². The molecule has 0 saturated carbocycles. The minimum atomic E-state index is -2.31. The van der Waals surface area contributed by atoms with Gasteiger partial charge in [-0.3, -0.25) is 4.90 Å². The van der Waals surface area contributed by atoms with Gasteiger partial charge < -0.3 is 14.6 Å². The molecule has 0 bridgehead atoms. The van der Waals surface area contributed by atoms with Gasteiger partial charge in [-0.1, -0.05) is 91.0 Å². The number of nitrogens with zero attached hydrogens (tertiary/aromatic N) is 1. The lowest BCUT2D eigenvalue weighted by atomic mass is 9.88. The molecule has 0 radical (unpaired) electrons. The number of carboxylic acids is 1. The Hall–Kier alpha value is -4.13. The Morgan fingerprint density at radius 2 is 1.18 bits per heavy atom. The van der Waals surface area contributed by atoms with E-state index >= 15 is 0 Å². The Bertz CT molecular complexity index is 1090. The van der Waals surface area contributed by atoms with Crippen molar-refractivity contribution in [3.8, 4) is 0 Å². The van der Waals surface area contributed by atoms with Crippen LogP contribution in [-0.2, 0) is 38.7 Å². The number of esters is 1. The maximum absolute atomic E-state index is 13.4. The summed E-state index contributed by atoms with van der Waals surface area (Å²) in [4.78, 5) is 40.1. The zero-order valence-corrected chi connectivity index (χ0v) is 18.9. The fourth-order valence-corrected chi connectivity index (χ4v) is 3.64. The van der Waals surface area contributed by atoms with Crippen molar-refractivity contribution < 1.29 is 29.0 Å². The van der Waals surface area contributed by atoms with Crippen molar-refractivity contribution in [3.05, 3.63) is 108 Å². The van der Waals surface area contributed by atoms with Gasteiger partial charge in [0.25, 0.3) is 0 Å². The van der Waals surface area contributed by atoms with Gasteiger partial charge >= 0.3 is 18.0 Å². The van der Waals surface area contributed by atoms with Crippen LogP contribution in [-0.4, -0.2) is 40.1 Å². The van der Waals surface area contributed by atoms with E-state index in [2.05, 4.69) is 0 Å². The lowest BCUT2D eigenvalue weighted by Gasteiger charge is -2.37. The Labute approximate surface area is 198 Å². The molecule has 3 rings (SSSR count). The molecule has 0 fully saturated rings. The molecule has 34 heavy (non-hydrogen) atoms. The summed E-state index contributed by atoms with van der Waals surface area (Å²) < 4.78 is 10.9. The van der Waals surface area contributed by atoms with Crippen molar-refractivity contribution in [3.63, 3.8) is 0 Å². The highest BCUT2D eigenvalue weighted by molar-refractivity contribution is 6.06. The first-order valence-corrected chi connectivity index (χ1v) is 10.9. The van der Waals surface area contributed by atoms with E-state index in [9.17, 15) is 19.5 Å². The molecule has 0 aliphatic rings. The molecule has 0 heterocycles. The number of amides is 1. The first-order chi connectivity index (χ1) is 16.5. The first-order valence-electron chi connectivity index (χ1n) is 10.9. The van der Waals surface area contributed by atoms with Crippen molar-refractivity contribution >= 4 is 18.0 Å². The van der Waals surface area contributed by atoms with E-state index in [1.54, 1.807) is 85.8 Å². The first kappa shape index (κ1) is 24.5. The van der Waals surface area contributed by atoms with Crippen LogP contribution in [0.15, 0.2) is 91.0 Å². The van der Waals surface area contributed by atoms with Crippen LogP contribution in [0.3, 0.4) is 0 Å². The maximum Gasteiger partial charge on any atom is 0.411 e. The van der Waals surface area contributed by atoms with Crippen LogP contribution in [0.2, 0.25) is 0 Å². The van der Waals surface area contributed by atoms with Gasteiger partial charge in [0.15, 0.2) is 0 Å². The minimum absolute atomic E-state index is 0.0593. The van der Waals surface area contributed by atoms with Crippen molar-refractivity contribution in [2.24, 2.45) is 0 Å². The maximum atomic E-state index is 13.4. The number of aliphatic carboxylic acids is 1. The largest absolute Gasteiger partial charge is 0.479 e. The summed E-state index contributed by atoms with van der Waals surface area (Å²) in [6, 6.07) is 26.6.